The van der Waals surface area contributed by atoms with Gasteiger partial charge in [0.05, 0.1) is 17.6 Å². The van der Waals surface area contributed by atoms with Crippen LogP contribution in [0.3, 0.4) is 0 Å². The van der Waals surface area contributed by atoms with Crippen LogP contribution in [-0.4, -0.2) is 70.0 Å². The molecular weight excluding hydrogens is 411 g/mol. The van der Waals surface area contributed by atoms with Gasteiger partial charge in [0, 0.05) is 12.1 Å². The van der Waals surface area contributed by atoms with E-state index >= 15 is 0 Å². The molecule has 1 aliphatic heterocycles. The molecular formula is C15H17N4O9P. The van der Waals surface area contributed by atoms with Crippen molar-refractivity contribution >= 4 is 30.6 Å². The van der Waals surface area contributed by atoms with Crippen molar-refractivity contribution in [2.24, 2.45) is 0 Å². The van der Waals surface area contributed by atoms with Crippen molar-refractivity contribution in [2.75, 3.05) is 12.3 Å². The lowest BCUT2D eigenvalue weighted by Crippen LogP contribution is -2.44. The van der Waals surface area contributed by atoms with Gasteiger partial charge in [0.2, 0.25) is 0 Å². The highest BCUT2D eigenvalue weighted by molar-refractivity contribution is 7.46. The number of nitrogens with zero attached hydrogens (tertiary/aromatic N) is 3. The van der Waals surface area contributed by atoms with Gasteiger partial charge in [0.15, 0.2) is 6.23 Å². The summed E-state index contributed by atoms with van der Waals surface area (Å²) in [5.74, 6) is 2.98. The SMILES string of the molecule is C[C@@]1(O)[C@H](O)[C@@H](COP(=O)(O)O)O[C@H]1n1cc(C#CC(=O)O)c2c(N)ncnc21. The quantitative estimate of drug-likeness (QED) is 0.244. The Morgan fingerprint density at radius 1 is 1.48 bits per heavy atom. The summed E-state index contributed by atoms with van der Waals surface area (Å²) in [4.78, 5) is 36.4. The van der Waals surface area contributed by atoms with Gasteiger partial charge in [0.25, 0.3) is 0 Å². The molecule has 2 aromatic heterocycles. The average Bonchev–Trinajstić information content (AvgIpc) is 3.08. The van der Waals surface area contributed by atoms with E-state index in [2.05, 4.69) is 20.4 Å². The Bertz CT molecular complexity index is 1070. The second-order valence-electron chi connectivity index (χ2n) is 6.45. The van der Waals surface area contributed by atoms with E-state index in [0.717, 1.165) is 6.33 Å². The van der Waals surface area contributed by atoms with Gasteiger partial charge < -0.3 is 40.1 Å². The number of aliphatic hydroxyl groups is 2. The number of rotatable bonds is 4. The first-order valence-corrected chi connectivity index (χ1v) is 9.56. The average molecular weight is 428 g/mol. The topological polar surface area (TPSA) is 210 Å². The zero-order chi connectivity index (χ0) is 21.6. The van der Waals surface area contributed by atoms with Crippen molar-refractivity contribution in [3.8, 4) is 11.8 Å². The smallest absolute Gasteiger partial charge is 0.469 e. The molecule has 29 heavy (non-hydrogen) atoms. The summed E-state index contributed by atoms with van der Waals surface area (Å²) in [6.07, 6.45) is -1.70. The van der Waals surface area contributed by atoms with Crippen LogP contribution in [0.2, 0.25) is 0 Å². The minimum Gasteiger partial charge on any atom is -0.472 e. The normalized spacial score (nSPS) is 27.0. The van der Waals surface area contributed by atoms with E-state index in [0.29, 0.717) is 0 Å². The largest absolute Gasteiger partial charge is 0.472 e. The number of ether oxygens (including phenoxy) is 1. The van der Waals surface area contributed by atoms with Crippen molar-refractivity contribution in [2.45, 2.75) is 31.0 Å². The number of fused-ring (bicyclic) bond motifs is 1. The molecule has 1 saturated heterocycles. The van der Waals surface area contributed by atoms with Crippen molar-refractivity contribution in [1.29, 1.82) is 0 Å². The second kappa shape index (κ2) is 7.36. The maximum Gasteiger partial charge on any atom is 0.469 e. The summed E-state index contributed by atoms with van der Waals surface area (Å²) in [5.41, 5.74) is 4.20. The first kappa shape index (κ1) is 21.2. The molecule has 3 heterocycles. The number of hydrogen-bond acceptors (Lipinski definition) is 9. The van der Waals surface area contributed by atoms with Crippen LogP contribution in [0.15, 0.2) is 12.5 Å². The third-order valence-electron chi connectivity index (χ3n) is 4.36. The fourth-order valence-electron chi connectivity index (χ4n) is 3.05. The molecule has 0 spiro atoms. The van der Waals surface area contributed by atoms with E-state index in [1.807, 2.05) is 5.92 Å². The summed E-state index contributed by atoms with van der Waals surface area (Å²) >= 11 is 0. The highest BCUT2D eigenvalue weighted by Gasteiger charge is 2.54. The number of phosphoric acid groups is 1. The number of nitrogens with two attached hydrogens (primary N) is 1. The number of aromatic nitrogens is 3. The summed E-state index contributed by atoms with van der Waals surface area (Å²) in [6.45, 7) is 0.554. The standard InChI is InChI=1S/C15H17N4O9P/c1-15(23)11(22)8(5-27-29(24,25)26)28-14(15)19-4-7(2-3-9(20)21)10-12(16)17-6-18-13(10)19/h4,6,8,11,14,22-23H,5H2,1H3,(H,20,21)(H2,16,17,18)(H2,24,25,26)/t8-,11-,14-,15-/m1/s1. The van der Waals surface area contributed by atoms with Crippen LogP contribution in [0.25, 0.3) is 11.0 Å². The van der Waals surface area contributed by atoms with Gasteiger partial charge in [-0.15, -0.1) is 0 Å². The zero-order valence-electron chi connectivity index (χ0n) is 14.8. The Kier molecular flexibility index (Phi) is 5.37. The van der Waals surface area contributed by atoms with Gasteiger partial charge in [-0.25, -0.2) is 19.3 Å². The second-order valence-corrected chi connectivity index (χ2v) is 7.69. The Hall–Kier alpha value is -2.56. The lowest BCUT2D eigenvalue weighted by Gasteiger charge is -2.27. The summed E-state index contributed by atoms with van der Waals surface area (Å²) in [5, 5.41) is 30.2. The number of carboxylic acid groups (broad SMARTS) is 1. The third-order valence-corrected chi connectivity index (χ3v) is 4.84. The molecule has 0 unspecified atom stereocenters. The number of carbonyl (C=O) groups is 1. The van der Waals surface area contributed by atoms with E-state index in [1.165, 1.54) is 17.7 Å². The maximum absolute atomic E-state index is 10.9. The molecule has 156 valence electrons. The summed E-state index contributed by atoms with van der Waals surface area (Å²) < 4.78 is 22.2. The van der Waals surface area contributed by atoms with E-state index in [4.69, 9.17) is 25.4 Å². The lowest BCUT2D eigenvalue weighted by molar-refractivity contribution is -0.130. The van der Waals surface area contributed by atoms with Crippen LogP contribution in [-0.2, 0) is 18.6 Å². The van der Waals surface area contributed by atoms with E-state index in [9.17, 15) is 19.6 Å². The van der Waals surface area contributed by atoms with Gasteiger partial charge >= 0.3 is 13.8 Å². The number of phosphoric ester groups is 1. The molecule has 0 bridgehead atoms. The number of carboxylic acids is 1. The molecule has 4 atom stereocenters. The van der Waals surface area contributed by atoms with Crippen LogP contribution in [0.5, 0.6) is 0 Å². The molecule has 13 nitrogen and oxygen atoms in total. The molecule has 0 radical (unpaired) electrons. The minimum absolute atomic E-state index is 0.00279. The van der Waals surface area contributed by atoms with Crippen LogP contribution in [0.4, 0.5) is 5.82 Å². The fourth-order valence-corrected chi connectivity index (χ4v) is 3.39. The van der Waals surface area contributed by atoms with Gasteiger partial charge in [-0.3, -0.25) is 4.52 Å². The summed E-state index contributed by atoms with van der Waals surface area (Å²) in [7, 11) is -4.83. The van der Waals surface area contributed by atoms with Gasteiger partial charge in [-0.05, 0) is 6.92 Å². The maximum atomic E-state index is 10.9. The molecule has 1 fully saturated rings. The van der Waals surface area contributed by atoms with Crippen LogP contribution >= 0.6 is 7.82 Å². The molecule has 0 saturated carbocycles. The molecule has 1 aliphatic rings. The lowest BCUT2D eigenvalue weighted by atomic mass is 9.96. The first-order chi connectivity index (χ1) is 13.4. The fraction of sp³-hybridized carbons (Fsp3) is 0.400. The number of anilines is 1. The molecule has 7 N–H and O–H groups in total. The number of hydrogen-bond donors (Lipinski definition) is 6. The van der Waals surface area contributed by atoms with Crippen LogP contribution < -0.4 is 5.73 Å². The molecule has 14 heteroatoms. The predicted octanol–water partition coefficient (Wildman–Crippen LogP) is -1.43. The zero-order valence-corrected chi connectivity index (χ0v) is 15.7. The van der Waals surface area contributed by atoms with Gasteiger partial charge in [0.1, 0.15) is 35.6 Å². The van der Waals surface area contributed by atoms with Crippen molar-refractivity contribution in [1.82, 2.24) is 14.5 Å². The molecule has 0 aliphatic carbocycles. The van der Waals surface area contributed by atoms with Gasteiger partial charge in [-0.1, -0.05) is 5.92 Å². The van der Waals surface area contributed by atoms with E-state index in [1.54, 1.807) is 0 Å². The molecule has 0 aromatic carbocycles. The van der Waals surface area contributed by atoms with Crippen molar-refractivity contribution in [3.05, 3.63) is 18.1 Å². The Balaban J connectivity index is 2.06. The highest BCUT2D eigenvalue weighted by atomic mass is 31.2. The van der Waals surface area contributed by atoms with E-state index in [-0.39, 0.29) is 22.4 Å². The highest BCUT2D eigenvalue weighted by Crippen LogP contribution is 2.43. The number of aliphatic hydroxyl groups excluding tert-OH is 1. The van der Waals surface area contributed by atoms with Crippen LogP contribution in [0, 0.1) is 11.8 Å². The predicted molar refractivity (Wildman–Crippen MR) is 95.0 cm³/mol. The number of aliphatic carboxylic acids is 1. The molecule has 3 rings (SSSR count). The first-order valence-electron chi connectivity index (χ1n) is 8.03. The number of nitrogen functional groups attached to an aromatic ring is 1. The Morgan fingerprint density at radius 2 is 2.17 bits per heavy atom. The molecule has 2 aromatic rings. The van der Waals surface area contributed by atoms with Crippen molar-refractivity contribution in [3.63, 3.8) is 0 Å². The Labute approximate surface area is 162 Å². The van der Waals surface area contributed by atoms with Gasteiger partial charge in [-0.2, -0.15) is 0 Å². The van der Waals surface area contributed by atoms with Crippen LogP contribution in [0.1, 0.15) is 18.7 Å². The van der Waals surface area contributed by atoms with E-state index < -0.39 is 44.4 Å². The Morgan fingerprint density at radius 3 is 2.79 bits per heavy atom. The summed E-state index contributed by atoms with van der Waals surface area (Å²) in [6, 6.07) is 0. The third kappa shape index (κ3) is 4.09. The minimum atomic E-state index is -4.83. The monoisotopic (exact) mass is 428 g/mol. The molecule has 0 amide bonds. The van der Waals surface area contributed by atoms with Crippen molar-refractivity contribution < 1.29 is 43.7 Å².